The van der Waals surface area contributed by atoms with Crippen LogP contribution in [-0.2, 0) is 12.8 Å². The Morgan fingerprint density at radius 3 is 1.90 bits per heavy atom. The van der Waals surface area contributed by atoms with E-state index in [1.807, 2.05) is 0 Å². The van der Waals surface area contributed by atoms with E-state index in [0.717, 1.165) is 29.8 Å². The lowest BCUT2D eigenvalue weighted by Gasteiger charge is -2.17. The van der Waals surface area contributed by atoms with Crippen LogP contribution in [0.3, 0.4) is 0 Å². The van der Waals surface area contributed by atoms with Crippen LogP contribution in [0, 0.1) is 6.92 Å². The van der Waals surface area contributed by atoms with Crippen LogP contribution in [0.2, 0.25) is 0 Å². The minimum atomic E-state index is 0.790. The number of anilines is 2. The van der Waals surface area contributed by atoms with Crippen LogP contribution in [0.4, 0.5) is 11.4 Å². The molecular formula is C19H34N2. The molecule has 1 aromatic carbocycles. The number of unbranched alkanes of at least 4 members (excludes halogenated alkanes) is 6. The van der Waals surface area contributed by atoms with Gasteiger partial charge in [0, 0.05) is 0 Å². The molecule has 0 aliphatic rings. The van der Waals surface area contributed by atoms with E-state index in [-0.39, 0.29) is 0 Å². The fourth-order valence-corrected chi connectivity index (χ4v) is 2.96. The number of hydrogen-bond donors (Lipinski definition) is 2. The van der Waals surface area contributed by atoms with Gasteiger partial charge in [0.15, 0.2) is 0 Å². The lowest BCUT2D eigenvalue weighted by atomic mass is 9.92. The number of aryl methyl sites for hydroxylation is 2. The van der Waals surface area contributed by atoms with Crippen molar-refractivity contribution in [3.8, 4) is 0 Å². The second kappa shape index (κ2) is 9.70. The highest BCUT2D eigenvalue weighted by atomic mass is 14.7. The maximum atomic E-state index is 6.30. The summed E-state index contributed by atoms with van der Waals surface area (Å²) in [7, 11) is 0. The molecule has 0 amide bonds. The number of nitrogens with two attached hydrogens (primary N) is 2. The molecule has 0 saturated heterocycles. The van der Waals surface area contributed by atoms with Gasteiger partial charge >= 0.3 is 0 Å². The second-order valence-electron chi connectivity index (χ2n) is 6.28. The SMILES string of the molecule is CCCCCCc1cc(C)c(N)c(N)c1CCCCCC. The van der Waals surface area contributed by atoms with Crippen molar-refractivity contribution >= 4 is 11.4 Å². The quantitative estimate of drug-likeness (QED) is 0.447. The summed E-state index contributed by atoms with van der Waals surface area (Å²) in [6.45, 7) is 6.57. The smallest absolute Gasteiger partial charge is 0.0585 e. The van der Waals surface area contributed by atoms with Crippen LogP contribution in [0.25, 0.3) is 0 Å². The summed E-state index contributed by atoms with van der Waals surface area (Å²) < 4.78 is 0. The zero-order chi connectivity index (χ0) is 15.7. The molecule has 2 heteroatoms. The first-order chi connectivity index (χ1) is 10.1. The lowest BCUT2D eigenvalue weighted by Crippen LogP contribution is -2.07. The standard InChI is InChI=1S/C19H34N2/c1-4-6-8-10-12-16-14-15(3)18(20)19(21)17(16)13-11-9-7-5-2/h14H,4-13,20-21H2,1-3H3. The monoisotopic (exact) mass is 290 g/mol. The van der Waals surface area contributed by atoms with Gasteiger partial charge < -0.3 is 11.5 Å². The van der Waals surface area contributed by atoms with Crippen molar-refractivity contribution in [3.63, 3.8) is 0 Å². The molecule has 0 saturated carbocycles. The van der Waals surface area contributed by atoms with E-state index in [0.29, 0.717) is 0 Å². The molecule has 120 valence electrons. The summed E-state index contributed by atoms with van der Waals surface area (Å²) in [5, 5.41) is 0. The van der Waals surface area contributed by atoms with Crippen LogP contribution in [-0.4, -0.2) is 0 Å². The third-order valence-electron chi connectivity index (χ3n) is 4.40. The summed E-state index contributed by atoms with van der Waals surface area (Å²) >= 11 is 0. The molecule has 0 atom stereocenters. The first-order valence-electron chi connectivity index (χ1n) is 8.78. The van der Waals surface area contributed by atoms with E-state index in [4.69, 9.17) is 11.5 Å². The van der Waals surface area contributed by atoms with Gasteiger partial charge in [-0.05, 0) is 49.3 Å². The molecule has 0 aliphatic heterocycles. The van der Waals surface area contributed by atoms with Gasteiger partial charge in [0.25, 0.3) is 0 Å². The van der Waals surface area contributed by atoms with Crippen molar-refractivity contribution in [2.45, 2.75) is 85.0 Å². The van der Waals surface area contributed by atoms with E-state index in [2.05, 4.69) is 26.8 Å². The van der Waals surface area contributed by atoms with E-state index < -0.39 is 0 Å². The van der Waals surface area contributed by atoms with Gasteiger partial charge in [-0.2, -0.15) is 0 Å². The number of rotatable bonds is 10. The molecule has 0 fully saturated rings. The number of benzene rings is 1. The zero-order valence-electron chi connectivity index (χ0n) is 14.3. The molecule has 0 bridgehead atoms. The number of nitrogen functional groups attached to an aromatic ring is 2. The molecule has 0 spiro atoms. The fourth-order valence-electron chi connectivity index (χ4n) is 2.96. The van der Waals surface area contributed by atoms with Gasteiger partial charge in [-0.3, -0.25) is 0 Å². The van der Waals surface area contributed by atoms with Gasteiger partial charge in [0.1, 0.15) is 0 Å². The van der Waals surface area contributed by atoms with Crippen molar-refractivity contribution in [1.29, 1.82) is 0 Å². The first kappa shape index (κ1) is 17.9. The van der Waals surface area contributed by atoms with E-state index >= 15 is 0 Å². The van der Waals surface area contributed by atoms with Crippen LogP contribution in [0.15, 0.2) is 6.07 Å². The Labute approximate surface area is 131 Å². The second-order valence-corrected chi connectivity index (χ2v) is 6.28. The molecule has 0 radical (unpaired) electrons. The molecule has 4 N–H and O–H groups in total. The first-order valence-corrected chi connectivity index (χ1v) is 8.78. The lowest BCUT2D eigenvalue weighted by molar-refractivity contribution is 0.651. The molecule has 21 heavy (non-hydrogen) atoms. The van der Waals surface area contributed by atoms with Crippen LogP contribution < -0.4 is 11.5 Å². The minimum Gasteiger partial charge on any atom is -0.397 e. The predicted octanol–water partition coefficient (Wildman–Crippen LogP) is 5.41. The summed E-state index contributed by atoms with van der Waals surface area (Å²) in [6, 6.07) is 2.27. The van der Waals surface area contributed by atoms with E-state index in [1.54, 1.807) is 0 Å². The zero-order valence-corrected chi connectivity index (χ0v) is 14.3. The highest BCUT2D eigenvalue weighted by Crippen LogP contribution is 2.30. The van der Waals surface area contributed by atoms with Gasteiger partial charge in [-0.25, -0.2) is 0 Å². The molecule has 1 aromatic rings. The Kier molecular flexibility index (Phi) is 8.26. The summed E-state index contributed by atoms with van der Waals surface area (Å²) in [6.07, 6.45) is 12.5. The van der Waals surface area contributed by atoms with Gasteiger partial charge in [-0.1, -0.05) is 58.4 Å². The average molecular weight is 290 g/mol. The molecule has 0 aromatic heterocycles. The third-order valence-corrected chi connectivity index (χ3v) is 4.40. The normalized spacial score (nSPS) is 11.0. The van der Waals surface area contributed by atoms with Crippen molar-refractivity contribution in [2.24, 2.45) is 0 Å². The number of hydrogen-bond acceptors (Lipinski definition) is 2. The van der Waals surface area contributed by atoms with Crippen LogP contribution in [0.5, 0.6) is 0 Å². The largest absolute Gasteiger partial charge is 0.397 e. The van der Waals surface area contributed by atoms with Crippen LogP contribution in [0.1, 0.15) is 81.9 Å². The maximum Gasteiger partial charge on any atom is 0.0585 e. The summed E-state index contributed by atoms with van der Waals surface area (Å²) in [4.78, 5) is 0. The van der Waals surface area contributed by atoms with Crippen LogP contribution >= 0.6 is 0 Å². The third kappa shape index (κ3) is 5.61. The summed E-state index contributed by atoms with van der Waals surface area (Å²) in [5.74, 6) is 0. The topological polar surface area (TPSA) is 52.0 Å². The Morgan fingerprint density at radius 2 is 1.33 bits per heavy atom. The van der Waals surface area contributed by atoms with E-state index in [9.17, 15) is 0 Å². The van der Waals surface area contributed by atoms with Crippen molar-refractivity contribution in [3.05, 3.63) is 22.8 Å². The fraction of sp³-hybridized carbons (Fsp3) is 0.684. The van der Waals surface area contributed by atoms with Gasteiger partial charge in [0.2, 0.25) is 0 Å². The molecule has 0 unspecified atom stereocenters. The molecule has 1 rings (SSSR count). The Bertz CT molecular complexity index is 424. The molecule has 0 aliphatic carbocycles. The van der Waals surface area contributed by atoms with Crippen molar-refractivity contribution < 1.29 is 0 Å². The molecule has 2 nitrogen and oxygen atoms in total. The van der Waals surface area contributed by atoms with Gasteiger partial charge in [-0.15, -0.1) is 0 Å². The maximum absolute atomic E-state index is 6.30. The van der Waals surface area contributed by atoms with Crippen molar-refractivity contribution in [1.82, 2.24) is 0 Å². The predicted molar refractivity (Wildman–Crippen MR) is 95.7 cm³/mol. The average Bonchev–Trinajstić information content (AvgIpc) is 2.48. The van der Waals surface area contributed by atoms with Gasteiger partial charge in [0.05, 0.1) is 11.4 Å². The highest BCUT2D eigenvalue weighted by Gasteiger charge is 2.11. The Morgan fingerprint density at radius 1 is 0.762 bits per heavy atom. The Balaban J connectivity index is 2.77. The molecule has 0 heterocycles. The van der Waals surface area contributed by atoms with E-state index in [1.165, 1.54) is 62.5 Å². The summed E-state index contributed by atoms with van der Waals surface area (Å²) in [5.41, 5.74) is 18.0. The Hall–Kier alpha value is -1.18. The molecular weight excluding hydrogens is 256 g/mol. The van der Waals surface area contributed by atoms with Crippen molar-refractivity contribution in [2.75, 3.05) is 11.5 Å². The minimum absolute atomic E-state index is 0.790. The highest BCUT2D eigenvalue weighted by molar-refractivity contribution is 5.73.